The highest BCUT2D eigenvalue weighted by Crippen LogP contribution is 2.33. The Hall–Kier alpha value is -2.35. The van der Waals surface area contributed by atoms with E-state index in [2.05, 4.69) is 9.80 Å². The molecule has 1 amide bonds. The standard InChI is InChI=1S/C24H29ClFN3O3/c1-31-22-11-17-5-6-29(15-19(17)12-23(22)32-2)24(30)16-28-9-7-27(8-10-28)14-18-3-4-20(26)13-21(18)25/h3-4,11-13H,5-10,14-16H2,1-2H3. The van der Waals surface area contributed by atoms with Gasteiger partial charge in [-0.15, -0.1) is 0 Å². The van der Waals surface area contributed by atoms with E-state index in [-0.39, 0.29) is 11.7 Å². The predicted molar refractivity (Wildman–Crippen MR) is 122 cm³/mol. The van der Waals surface area contributed by atoms with Gasteiger partial charge in [0.1, 0.15) is 5.82 Å². The normalized spacial score (nSPS) is 17.2. The smallest absolute Gasteiger partial charge is 0.237 e. The molecule has 2 heterocycles. The SMILES string of the molecule is COc1cc2c(cc1OC)CN(C(=O)CN1CCN(Cc3ccc(F)cc3Cl)CC1)CC2. The minimum Gasteiger partial charge on any atom is -0.493 e. The molecule has 2 aromatic rings. The first-order valence-electron chi connectivity index (χ1n) is 10.9. The van der Waals surface area contributed by atoms with Crippen LogP contribution in [0.2, 0.25) is 5.02 Å². The third-order valence-corrected chi connectivity index (χ3v) is 6.66. The van der Waals surface area contributed by atoms with Gasteiger partial charge in [0.05, 0.1) is 20.8 Å². The lowest BCUT2D eigenvalue weighted by Gasteiger charge is -2.36. The number of nitrogens with zero attached hydrogens (tertiary/aromatic N) is 3. The van der Waals surface area contributed by atoms with Gasteiger partial charge < -0.3 is 14.4 Å². The topological polar surface area (TPSA) is 45.3 Å². The van der Waals surface area contributed by atoms with Crippen LogP contribution in [0, 0.1) is 5.82 Å². The second-order valence-electron chi connectivity index (χ2n) is 8.33. The van der Waals surface area contributed by atoms with Crippen LogP contribution >= 0.6 is 11.6 Å². The molecule has 0 bridgehead atoms. The highest BCUT2D eigenvalue weighted by molar-refractivity contribution is 6.31. The number of benzene rings is 2. The highest BCUT2D eigenvalue weighted by Gasteiger charge is 2.26. The molecule has 0 aliphatic carbocycles. The van der Waals surface area contributed by atoms with Gasteiger partial charge in [-0.2, -0.15) is 0 Å². The Morgan fingerprint density at radius 3 is 2.28 bits per heavy atom. The maximum absolute atomic E-state index is 13.3. The molecule has 0 saturated carbocycles. The Morgan fingerprint density at radius 1 is 0.969 bits per heavy atom. The van der Waals surface area contributed by atoms with Gasteiger partial charge in [-0.25, -0.2) is 4.39 Å². The first-order valence-corrected chi connectivity index (χ1v) is 11.2. The zero-order valence-electron chi connectivity index (χ0n) is 18.6. The average Bonchev–Trinajstić information content (AvgIpc) is 2.80. The summed E-state index contributed by atoms with van der Waals surface area (Å²) in [5, 5.41) is 0.460. The molecule has 0 N–H and O–H groups in total. The van der Waals surface area contributed by atoms with E-state index in [0.29, 0.717) is 37.0 Å². The molecule has 0 atom stereocenters. The number of hydrogen-bond acceptors (Lipinski definition) is 5. The molecular weight excluding hydrogens is 433 g/mol. The van der Waals surface area contributed by atoms with E-state index in [1.165, 1.54) is 17.7 Å². The lowest BCUT2D eigenvalue weighted by Crippen LogP contribution is -2.50. The van der Waals surface area contributed by atoms with Gasteiger partial charge in [0.25, 0.3) is 0 Å². The number of rotatable bonds is 6. The van der Waals surface area contributed by atoms with Crippen molar-refractivity contribution in [3.63, 3.8) is 0 Å². The third-order valence-electron chi connectivity index (χ3n) is 6.30. The van der Waals surface area contributed by atoms with E-state index in [1.54, 1.807) is 20.3 Å². The molecule has 0 unspecified atom stereocenters. The van der Waals surface area contributed by atoms with Gasteiger partial charge in [0, 0.05) is 50.8 Å². The summed E-state index contributed by atoms with van der Waals surface area (Å²) >= 11 is 6.16. The highest BCUT2D eigenvalue weighted by atomic mass is 35.5. The van der Waals surface area contributed by atoms with Crippen molar-refractivity contribution in [3.8, 4) is 11.5 Å². The molecule has 0 radical (unpaired) electrons. The van der Waals surface area contributed by atoms with Gasteiger partial charge in [0.15, 0.2) is 11.5 Å². The molecular formula is C24H29ClFN3O3. The Kier molecular flexibility index (Phi) is 7.18. The van der Waals surface area contributed by atoms with E-state index in [9.17, 15) is 9.18 Å². The molecule has 32 heavy (non-hydrogen) atoms. The maximum atomic E-state index is 13.3. The monoisotopic (exact) mass is 461 g/mol. The van der Waals surface area contributed by atoms with Crippen LogP contribution in [0.1, 0.15) is 16.7 Å². The number of methoxy groups -OCH3 is 2. The number of carbonyl (C=O) groups excluding carboxylic acids is 1. The lowest BCUT2D eigenvalue weighted by molar-refractivity contribution is -0.133. The number of fused-ring (bicyclic) bond motifs is 1. The van der Waals surface area contributed by atoms with Gasteiger partial charge in [-0.1, -0.05) is 17.7 Å². The largest absolute Gasteiger partial charge is 0.493 e. The molecule has 172 valence electrons. The van der Waals surface area contributed by atoms with Crippen LogP contribution in [0.5, 0.6) is 11.5 Å². The van der Waals surface area contributed by atoms with Crippen molar-refractivity contribution in [2.45, 2.75) is 19.5 Å². The van der Waals surface area contributed by atoms with Crippen molar-refractivity contribution in [1.29, 1.82) is 0 Å². The molecule has 1 saturated heterocycles. The number of ether oxygens (including phenoxy) is 2. The second kappa shape index (κ2) is 10.1. The van der Waals surface area contributed by atoms with Crippen LogP contribution in [-0.4, -0.2) is 74.1 Å². The van der Waals surface area contributed by atoms with E-state index in [1.807, 2.05) is 17.0 Å². The van der Waals surface area contributed by atoms with Gasteiger partial charge in [0.2, 0.25) is 5.91 Å². The molecule has 0 spiro atoms. The summed E-state index contributed by atoms with van der Waals surface area (Å²) in [6.45, 7) is 5.76. The Balaban J connectivity index is 1.29. The van der Waals surface area contributed by atoms with Crippen LogP contribution in [-0.2, 0) is 24.3 Å². The van der Waals surface area contributed by atoms with Crippen molar-refractivity contribution in [3.05, 3.63) is 57.9 Å². The quantitative estimate of drug-likeness (QED) is 0.661. The van der Waals surface area contributed by atoms with Gasteiger partial charge in [-0.3, -0.25) is 14.6 Å². The number of carbonyl (C=O) groups is 1. The molecule has 4 rings (SSSR count). The number of piperazine rings is 1. The third kappa shape index (κ3) is 5.17. The first kappa shape index (κ1) is 22.8. The molecule has 2 aliphatic rings. The average molecular weight is 462 g/mol. The summed E-state index contributed by atoms with van der Waals surface area (Å²) < 4.78 is 24.1. The number of hydrogen-bond donors (Lipinski definition) is 0. The van der Waals surface area contributed by atoms with E-state index < -0.39 is 0 Å². The van der Waals surface area contributed by atoms with E-state index in [0.717, 1.165) is 49.5 Å². The van der Waals surface area contributed by atoms with Crippen LogP contribution < -0.4 is 9.47 Å². The second-order valence-corrected chi connectivity index (χ2v) is 8.74. The summed E-state index contributed by atoms with van der Waals surface area (Å²) in [5.41, 5.74) is 3.25. The van der Waals surface area contributed by atoms with Crippen LogP contribution in [0.4, 0.5) is 4.39 Å². The maximum Gasteiger partial charge on any atom is 0.237 e. The predicted octanol–water partition coefficient (Wildman–Crippen LogP) is 3.20. The molecule has 0 aromatic heterocycles. The minimum absolute atomic E-state index is 0.153. The van der Waals surface area contributed by atoms with Crippen molar-refractivity contribution in [2.24, 2.45) is 0 Å². The zero-order chi connectivity index (χ0) is 22.7. The first-order chi connectivity index (χ1) is 15.5. The summed E-state index contributed by atoms with van der Waals surface area (Å²) in [4.78, 5) is 19.4. The Morgan fingerprint density at radius 2 is 1.62 bits per heavy atom. The summed E-state index contributed by atoms with van der Waals surface area (Å²) in [6.07, 6.45) is 0.813. The summed E-state index contributed by atoms with van der Waals surface area (Å²) in [5.74, 6) is 1.25. The molecule has 2 aliphatic heterocycles. The van der Waals surface area contributed by atoms with E-state index >= 15 is 0 Å². The van der Waals surface area contributed by atoms with Crippen molar-refractivity contribution >= 4 is 17.5 Å². The summed E-state index contributed by atoms with van der Waals surface area (Å²) in [6, 6.07) is 8.54. The lowest BCUT2D eigenvalue weighted by atomic mass is 9.98. The van der Waals surface area contributed by atoms with Gasteiger partial charge >= 0.3 is 0 Å². The van der Waals surface area contributed by atoms with Crippen molar-refractivity contribution < 1.29 is 18.7 Å². The molecule has 8 heteroatoms. The van der Waals surface area contributed by atoms with Crippen molar-refractivity contribution in [1.82, 2.24) is 14.7 Å². The molecule has 6 nitrogen and oxygen atoms in total. The molecule has 2 aromatic carbocycles. The van der Waals surface area contributed by atoms with E-state index in [4.69, 9.17) is 21.1 Å². The van der Waals surface area contributed by atoms with Crippen molar-refractivity contribution in [2.75, 3.05) is 53.5 Å². The minimum atomic E-state index is -0.319. The fourth-order valence-corrected chi connectivity index (χ4v) is 4.61. The zero-order valence-corrected chi connectivity index (χ0v) is 19.3. The number of amides is 1. The van der Waals surface area contributed by atoms with Crippen LogP contribution in [0.15, 0.2) is 30.3 Å². The number of halogens is 2. The Labute approximate surface area is 193 Å². The fourth-order valence-electron chi connectivity index (χ4n) is 4.38. The van der Waals surface area contributed by atoms with Crippen LogP contribution in [0.25, 0.3) is 0 Å². The fraction of sp³-hybridized carbons (Fsp3) is 0.458. The Bertz CT molecular complexity index is 979. The van der Waals surface area contributed by atoms with Gasteiger partial charge in [-0.05, 0) is 47.4 Å². The van der Waals surface area contributed by atoms with Crippen LogP contribution in [0.3, 0.4) is 0 Å². The summed E-state index contributed by atoms with van der Waals surface area (Å²) in [7, 11) is 3.26. The molecule has 1 fully saturated rings.